The van der Waals surface area contributed by atoms with Gasteiger partial charge in [0.1, 0.15) is 18.2 Å². The summed E-state index contributed by atoms with van der Waals surface area (Å²) in [4.78, 5) is 48.9. The average molecular weight is 508 g/mol. The molecule has 0 saturated carbocycles. The Labute approximate surface area is 211 Å². The predicted octanol–water partition coefficient (Wildman–Crippen LogP) is 1.75. The van der Waals surface area contributed by atoms with E-state index in [1.165, 1.54) is 11.8 Å². The molecule has 10 heteroatoms. The Hall–Kier alpha value is -2.59. The van der Waals surface area contributed by atoms with Crippen LogP contribution >= 0.6 is 11.8 Å². The second-order valence-corrected chi connectivity index (χ2v) is 9.84. The molecule has 0 aromatic heterocycles. The van der Waals surface area contributed by atoms with Crippen LogP contribution in [0.4, 0.5) is 0 Å². The summed E-state index contributed by atoms with van der Waals surface area (Å²) >= 11 is 1.51. The molecule has 0 aliphatic carbocycles. The van der Waals surface area contributed by atoms with Crippen molar-refractivity contribution in [2.24, 2.45) is 5.92 Å². The van der Waals surface area contributed by atoms with Crippen LogP contribution in [-0.2, 0) is 30.3 Å². The van der Waals surface area contributed by atoms with Gasteiger partial charge in [0, 0.05) is 12.8 Å². The fourth-order valence-corrected chi connectivity index (χ4v) is 4.23. The van der Waals surface area contributed by atoms with Crippen molar-refractivity contribution >= 4 is 35.5 Å². The first kappa shape index (κ1) is 28.6. The first-order valence-electron chi connectivity index (χ1n) is 12.0. The largest absolute Gasteiger partial charge is 0.480 e. The second kappa shape index (κ2) is 14.7. The lowest BCUT2D eigenvalue weighted by molar-refractivity contribution is -0.144. The Morgan fingerprint density at radius 3 is 2.51 bits per heavy atom. The molecule has 1 aromatic rings. The van der Waals surface area contributed by atoms with Crippen LogP contribution in [0.2, 0.25) is 0 Å². The number of carboxylic acids is 1. The second-order valence-electron chi connectivity index (χ2n) is 8.85. The summed E-state index contributed by atoms with van der Waals surface area (Å²) < 4.78 is 6.05. The summed E-state index contributed by atoms with van der Waals surface area (Å²) in [7, 11) is 0. The molecule has 1 fully saturated rings. The minimum absolute atomic E-state index is 0.0600. The lowest BCUT2D eigenvalue weighted by Crippen LogP contribution is -2.51. The predicted molar refractivity (Wildman–Crippen MR) is 135 cm³/mol. The SMILES string of the molecule is CC[C@H](C)[C@@H](CO[C@@H](Cc1ccccc1)C(=O)N[C@@H](CCSC)C(=O)O)NC(=O)C1CCC(=O)N1. The van der Waals surface area contributed by atoms with Gasteiger partial charge in [0.05, 0.1) is 12.6 Å². The van der Waals surface area contributed by atoms with E-state index in [0.717, 1.165) is 12.0 Å². The molecule has 1 heterocycles. The number of hydrogen-bond acceptors (Lipinski definition) is 6. The third kappa shape index (κ3) is 9.52. The fourth-order valence-electron chi connectivity index (χ4n) is 3.76. The zero-order chi connectivity index (χ0) is 25.8. The molecule has 35 heavy (non-hydrogen) atoms. The number of carbonyl (C=O) groups is 4. The van der Waals surface area contributed by atoms with Crippen LogP contribution < -0.4 is 16.0 Å². The maximum absolute atomic E-state index is 13.1. The molecule has 1 aliphatic heterocycles. The van der Waals surface area contributed by atoms with Gasteiger partial charge in [-0.2, -0.15) is 11.8 Å². The Bertz CT molecular complexity index is 853. The van der Waals surface area contributed by atoms with Gasteiger partial charge < -0.3 is 25.8 Å². The van der Waals surface area contributed by atoms with E-state index in [-0.39, 0.29) is 36.8 Å². The highest BCUT2D eigenvalue weighted by Gasteiger charge is 2.31. The molecule has 1 unspecified atom stereocenters. The van der Waals surface area contributed by atoms with Crippen molar-refractivity contribution in [3.8, 4) is 0 Å². The first-order valence-corrected chi connectivity index (χ1v) is 13.4. The number of nitrogens with one attached hydrogen (secondary N) is 3. The van der Waals surface area contributed by atoms with Crippen LogP contribution in [0.25, 0.3) is 0 Å². The van der Waals surface area contributed by atoms with E-state index in [4.69, 9.17) is 4.74 Å². The molecule has 0 bridgehead atoms. The molecule has 9 nitrogen and oxygen atoms in total. The lowest BCUT2D eigenvalue weighted by atomic mass is 9.99. The topological polar surface area (TPSA) is 134 Å². The van der Waals surface area contributed by atoms with Crippen molar-refractivity contribution in [3.05, 3.63) is 35.9 Å². The standard InChI is InChI=1S/C25H37N3O6S/c1-4-16(2)20(28-23(30)18-10-11-22(29)26-18)15-34-21(14-17-8-6-5-7-9-17)24(31)27-19(25(32)33)12-13-35-3/h5-9,16,18-21H,4,10-15H2,1-3H3,(H,26,29)(H,27,31)(H,28,30)(H,32,33)/t16-,18?,19-,20+,21-/m0/s1. The van der Waals surface area contributed by atoms with Crippen LogP contribution in [0.3, 0.4) is 0 Å². The highest BCUT2D eigenvalue weighted by molar-refractivity contribution is 7.98. The molecule has 1 aliphatic rings. The quantitative estimate of drug-likeness (QED) is 0.284. The summed E-state index contributed by atoms with van der Waals surface area (Å²) in [6.07, 6.45) is 3.07. The lowest BCUT2D eigenvalue weighted by Gasteiger charge is -2.28. The number of thioether (sulfide) groups is 1. The highest BCUT2D eigenvalue weighted by Crippen LogP contribution is 2.14. The van der Waals surface area contributed by atoms with Gasteiger partial charge in [-0.3, -0.25) is 14.4 Å². The van der Waals surface area contributed by atoms with E-state index in [9.17, 15) is 24.3 Å². The molecular weight excluding hydrogens is 470 g/mol. The minimum atomic E-state index is -1.09. The van der Waals surface area contributed by atoms with E-state index < -0.39 is 30.1 Å². The van der Waals surface area contributed by atoms with Crippen LogP contribution in [0.15, 0.2) is 30.3 Å². The maximum atomic E-state index is 13.1. The molecule has 3 amide bonds. The molecule has 1 saturated heterocycles. The molecule has 0 radical (unpaired) electrons. The Kier molecular flexibility index (Phi) is 12.1. The van der Waals surface area contributed by atoms with Gasteiger partial charge in [-0.25, -0.2) is 4.79 Å². The summed E-state index contributed by atoms with van der Waals surface area (Å²) in [5.74, 6) is -1.34. The average Bonchev–Trinajstić information content (AvgIpc) is 3.29. The van der Waals surface area contributed by atoms with E-state index in [0.29, 0.717) is 25.0 Å². The molecule has 194 valence electrons. The number of ether oxygens (including phenoxy) is 1. The molecule has 2 rings (SSSR count). The van der Waals surface area contributed by atoms with Crippen molar-refractivity contribution in [1.82, 2.24) is 16.0 Å². The Morgan fingerprint density at radius 1 is 1.23 bits per heavy atom. The summed E-state index contributed by atoms with van der Waals surface area (Å²) in [6, 6.07) is 7.41. The van der Waals surface area contributed by atoms with E-state index in [1.807, 2.05) is 50.4 Å². The number of hydrogen-bond donors (Lipinski definition) is 4. The summed E-state index contributed by atoms with van der Waals surface area (Å²) in [6.45, 7) is 4.06. The number of rotatable bonds is 15. The number of benzene rings is 1. The smallest absolute Gasteiger partial charge is 0.326 e. The van der Waals surface area contributed by atoms with Gasteiger partial charge in [-0.05, 0) is 36.3 Å². The van der Waals surface area contributed by atoms with Gasteiger partial charge in [-0.15, -0.1) is 0 Å². The number of carboxylic acid groups (broad SMARTS) is 1. The van der Waals surface area contributed by atoms with Crippen LogP contribution in [0.1, 0.15) is 45.1 Å². The van der Waals surface area contributed by atoms with Gasteiger partial charge >= 0.3 is 5.97 Å². The Balaban J connectivity index is 2.11. The van der Waals surface area contributed by atoms with Gasteiger partial charge in [0.15, 0.2) is 0 Å². The normalized spacial score (nSPS) is 18.7. The van der Waals surface area contributed by atoms with Crippen molar-refractivity contribution in [2.45, 2.75) is 70.2 Å². The number of aliphatic carboxylic acids is 1. The van der Waals surface area contributed by atoms with Gasteiger partial charge in [0.25, 0.3) is 0 Å². The maximum Gasteiger partial charge on any atom is 0.326 e. The molecule has 5 atom stereocenters. The molecule has 4 N–H and O–H groups in total. The number of amides is 3. The zero-order valence-corrected chi connectivity index (χ0v) is 21.4. The van der Waals surface area contributed by atoms with Crippen molar-refractivity contribution < 1.29 is 29.0 Å². The van der Waals surface area contributed by atoms with Crippen molar-refractivity contribution in [3.63, 3.8) is 0 Å². The van der Waals surface area contributed by atoms with Crippen molar-refractivity contribution in [1.29, 1.82) is 0 Å². The van der Waals surface area contributed by atoms with Crippen LogP contribution in [0, 0.1) is 5.92 Å². The van der Waals surface area contributed by atoms with E-state index in [1.54, 1.807) is 0 Å². The van der Waals surface area contributed by atoms with E-state index >= 15 is 0 Å². The monoisotopic (exact) mass is 507 g/mol. The third-order valence-corrected chi connectivity index (χ3v) is 6.87. The van der Waals surface area contributed by atoms with Crippen LogP contribution in [0.5, 0.6) is 0 Å². The summed E-state index contributed by atoms with van der Waals surface area (Å²) in [5.41, 5.74) is 0.876. The molecule has 0 spiro atoms. The molecular formula is C25H37N3O6S. The minimum Gasteiger partial charge on any atom is -0.480 e. The first-order chi connectivity index (χ1) is 16.7. The van der Waals surface area contributed by atoms with Crippen LogP contribution in [-0.4, -0.2) is 71.6 Å². The van der Waals surface area contributed by atoms with Crippen molar-refractivity contribution in [2.75, 3.05) is 18.6 Å². The Morgan fingerprint density at radius 2 is 1.94 bits per heavy atom. The summed E-state index contributed by atoms with van der Waals surface area (Å²) in [5, 5.41) is 17.8. The highest BCUT2D eigenvalue weighted by atomic mass is 32.2. The van der Waals surface area contributed by atoms with Gasteiger partial charge in [-0.1, -0.05) is 50.6 Å². The van der Waals surface area contributed by atoms with Gasteiger partial charge in [0.2, 0.25) is 17.7 Å². The molecule has 1 aromatic carbocycles. The van der Waals surface area contributed by atoms with E-state index in [2.05, 4.69) is 16.0 Å². The third-order valence-electron chi connectivity index (χ3n) is 6.23. The number of carbonyl (C=O) groups excluding carboxylic acids is 3. The zero-order valence-electron chi connectivity index (χ0n) is 20.6. The fraction of sp³-hybridized carbons (Fsp3) is 0.600.